The number of nitrogens with one attached hydrogen (secondary N) is 1. The molecule has 0 aromatic rings. The summed E-state index contributed by atoms with van der Waals surface area (Å²) in [7, 11) is 0. The van der Waals surface area contributed by atoms with Gasteiger partial charge in [0.25, 0.3) is 0 Å². The SMILES string of the molecule is C[C@@H]1/C=C/CC(=O)OCCCCC(=O)N2CCC[C@H]2C(=O)N[C@@H]1C1CC1. The first-order chi connectivity index (χ1) is 12.6. The quantitative estimate of drug-likeness (QED) is 0.573. The van der Waals surface area contributed by atoms with E-state index in [0.717, 1.165) is 25.7 Å². The lowest BCUT2D eigenvalue weighted by atomic mass is 9.96. The summed E-state index contributed by atoms with van der Waals surface area (Å²) in [6.45, 7) is 3.09. The van der Waals surface area contributed by atoms with Gasteiger partial charge in [0.15, 0.2) is 0 Å². The van der Waals surface area contributed by atoms with Crippen molar-refractivity contribution in [2.24, 2.45) is 11.8 Å². The van der Waals surface area contributed by atoms with Crippen molar-refractivity contribution in [3.05, 3.63) is 12.2 Å². The fourth-order valence-electron chi connectivity index (χ4n) is 4.00. The Morgan fingerprint density at radius 3 is 2.69 bits per heavy atom. The van der Waals surface area contributed by atoms with Crippen molar-refractivity contribution < 1.29 is 19.1 Å². The predicted octanol–water partition coefficient (Wildman–Crippen LogP) is 2.18. The summed E-state index contributed by atoms with van der Waals surface area (Å²) in [5, 5.41) is 3.21. The van der Waals surface area contributed by atoms with Crippen molar-refractivity contribution in [3.63, 3.8) is 0 Å². The molecule has 0 spiro atoms. The monoisotopic (exact) mass is 362 g/mol. The molecule has 26 heavy (non-hydrogen) atoms. The number of cyclic esters (lactones) is 1. The molecule has 2 heterocycles. The second kappa shape index (κ2) is 8.69. The highest BCUT2D eigenvalue weighted by Gasteiger charge is 2.39. The van der Waals surface area contributed by atoms with Crippen LogP contribution in [-0.4, -0.2) is 47.9 Å². The van der Waals surface area contributed by atoms with Gasteiger partial charge in [0.05, 0.1) is 13.0 Å². The zero-order valence-corrected chi connectivity index (χ0v) is 15.6. The first-order valence-corrected chi connectivity index (χ1v) is 9.98. The number of ether oxygens (including phenoxy) is 1. The maximum Gasteiger partial charge on any atom is 0.309 e. The Bertz CT molecular complexity index is 570. The van der Waals surface area contributed by atoms with Crippen molar-refractivity contribution >= 4 is 17.8 Å². The lowest BCUT2D eigenvalue weighted by Gasteiger charge is -2.29. The molecule has 0 bridgehead atoms. The molecule has 144 valence electrons. The molecule has 0 radical (unpaired) electrons. The van der Waals surface area contributed by atoms with Crippen LogP contribution in [0, 0.1) is 11.8 Å². The molecule has 0 aromatic heterocycles. The molecule has 1 saturated heterocycles. The van der Waals surface area contributed by atoms with Crippen LogP contribution in [0.1, 0.15) is 58.3 Å². The summed E-state index contributed by atoms with van der Waals surface area (Å²) in [5.74, 6) is 0.433. The minimum absolute atomic E-state index is 0.0143. The molecule has 3 rings (SSSR count). The number of amides is 2. The molecular weight excluding hydrogens is 332 g/mol. The Morgan fingerprint density at radius 2 is 1.92 bits per heavy atom. The zero-order chi connectivity index (χ0) is 18.5. The smallest absolute Gasteiger partial charge is 0.309 e. The molecule has 3 atom stereocenters. The number of carbonyl (C=O) groups is 3. The van der Waals surface area contributed by atoms with E-state index in [0.29, 0.717) is 38.3 Å². The molecule has 2 aliphatic heterocycles. The van der Waals surface area contributed by atoms with E-state index < -0.39 is 0 Å². The van der Waals surface area contributed by atoms with Crippen molar-refractivity contribution in [2.75, 3.05) is 13.2 Å². The van der Waals surface area contributed by atoms with Gasteiger partial charge in [-0.05, 0) is 50.4 Å². The topological polar surface area (TPSA) is 75.7 Å². The second-order valence-electron chi connectivity index (χ2n) is 7.79. The summed E-state index contributed by atoms with van der Waals surface area (Å²) in [6.07, 6.45) is 9.74. The minimum atomic E-state index is -0.328. The lowest BCUT2D eigenvalue weighted by molar-refractivity contribution is -0.142. The van der Waals surface area contributed by atoms with Gasteiger partial charge in [-0.1, -0.05) is 19.1 Å². The van der Waals surface area contributed by atoms with Gasteiger partial charge in [0.2, 0.25) is 11.8 Å². The molecule has 1 aliphatic carbocycles. The van der Waals surface area contributed by atoms with Crippen LogP contribution in [0.2, 0.25) is 0 Å². The summed E-state index contributed by atoms with van der Waals surface area (Å²) in [4.78, 5) is 38.9. The average Bonchev–Trinajstić information content (AvgIpc) is 3.33. The van der Waals surface area contributed by atoms with Gasteiger partial charge in [0, 0.05) is 19.0 Å². The fraction of sp³-hybridized carbons (Fsp3) is 0.750. The van der Waals surface area contributed by atoms with Crippen LogP contribution in [0.25, 0.3) is 0 Å². The maximum atomic E-state index is 12.9. The number of rotatable bonds is 1. The van der Waals surface area contributed by atoms with Crippen LogP contribution in [0.3, 0.4) is 0 Å². The Kier molecular flexibility index (Phi) is 6.33. The largest absolute Gasteiger partial charge is 0.465 e. The summed E-state index contributed by atoms with van der Waals surface area (Å²) >= 11 is 0. The second-order valence-corrected chi connectivity index (χ2v) is 7.79. The molecule has 3 aliphatic rings. The predicted molar refractivity (Wildman–Crippen MR) is 97.1 cm³/mol. The van der Waals surface area contributed by atoms with Crippen molar-refractivity contribution in [3.8, 4) is 0 Å². The number of fused-ring (bicyclic) bond motifs is 1. The third-order valence-corrected chi connectivity index (χ3v) is 5.65. The van der Waals surface area contributed by atoms with Crippen LogP contribution < -0.4 is 5.32 Å². The fourth-order valence-corrected chi connectivity index (χ4v) is 4.00. The number of carbonyl (C=O) groups excluding carboxylic acids is 3. The van der Waals surface area contributed by atoms with Crippen LogP contribution in [0.5, 0.6) is 0 Å². The van der Waals surface area contributed by atoms with E-state index in [1.807, 2.05) is 12.2 Å². The number of hydrogen-bond acceptors (Lipinski definition) is 4. The van der Waals surface area contributed by atoms with Gasteiger partial charge in [0.1, 0.15) is 6.04 Å². The van der Waals surface area contributed by atoms with Crippen LogP contribution in [-0.2, 0) is 19.1 Å². The first kappa shape index (κ1) is 18.9. The average molecular weight is 362 g/mol. The van der Waals surface area contributed by atoms with Crippen LogP contribution >= 0.6 is 0 Å². The van der Waals surface area contributed by atoms with E-state index >= 15 is 0 Å². The Morgan fingerprint density at radius 1 is 1.12 bits per heavy atom. The van der Waals surface area contributed by atoms with Gasteiger partial charge in [-0.15, -0.1) is 0 Å². The van der Waals surface area contributed by atoms with Crippen molar-refractivity contribution in [2.45, 2.75) is 70.4 Å². The Balaban J connectivity index is 1.73. The van der Waals surface area contributed by atoms with E-state index in [2.05, 4.69) is 12.2 Å². The molecule has 0 unspecified atom stereocenters. The molecule has 6 heteroatoms. The highest BCUT2D eigenvalue weighted by atomic mass is 16.5. The molecular formula is C20H30N2O4. The van der Waals surface area contributed by atoms with E-state index in [-0.39, 0.29) is 42.2 Å². The lowest BCUT2D eigenvalue weighted by Crippen LogP contribution is -2.50. The van der Waals surface area contributed by atoms with Crippen molar-refractivity contribution in [1.82, 2.24) is 10.2 Å². The minimum Gasteiger partial charge on any atom is -0.465 e. The third-order valence-electron chi connectivity index (χ3n) is 5.65. The first-order valence-electron chi connectivity index (χ1n) is 9.98. The third kappa shape index (κ3) is 4.86. The van der Waals surface area contributed by atoms with Crippen LogP contribution in [0.15, 0.2) is 12.2 Å². The standard InChI is InChI=1S/C20H30N2O4/c1-14-6-4-9-18(24)26-13-3-2-8-17(23)22-12-5-7-16(22)20(25)21-19(14)15-10-11-15/h4,6,14-16,19H,2-3,5,7-13H2,1H3,(H,21,25)/b6-4+/t14-,16+,19+/m1/s1. The summed E-state index contributed by atoms with van der Waals surface area (Å²) < 4.78 is 5.22. The van der Waals surface area contributed by atoms with Gasteiger partial charge >= 0.3 is 5.97 Å². The van der Waals surface area contributed by atoms with E-state index in [1.165, 1.54) is 0 Å². The number of esters is 1. The molecule has 2 fully saturated rings. The molecule has 2 amide bonds. The molecule has 1 saturated carbocycles. The number of hydrogen-bond donors (Lipinski definition) is 1. The highest BCUT2D eigenvalue weighted by Crippen LogP contribution is 2.36. The molecule has 0 aromatic carbocycles. The number of nitrogens with zero attached hydrogens (tertiary/aromatic N) is 1. The zero-order valence-electron chi connectivity index (χ0n) is 15.6. The van der Waals surface area contributed by atoms with Gasteiger partial charge in [-0.2, -0.15) is 0 Å². The summed E-state index contributed by atoms with van der Waals surface area (Å²) in [5.41, 5.74) is 0. The summed E-state index contributed by atoms with van der Waals surface area (Å²) in [6, 6.07) is -0.258. The molecule has 6 nitrogen and oxygen atoms in total. The van der Waals surface area contributed by atoms with Gasteiger partial charge in [-0.25, -0.2) is 0 Å². The van der Waals surface area contributed by atoms with Crippen LogP contribution in [0.4, 0.5) is 0 Å². The Hall–Kier alpha value is -1.85. The van der Waals surface area contributed by atoms with E-state index in [1.54, 1.807) is 4.90 Å². The maximum absolute atomic E-state index is 12.9. The van der Waals surface area contributed by atoms with E-state index in [9.17, 15) is 14.4 Å². The van der Waals surface area contributed by atoms with Crippen molar-refractivity contribution in [1.29, 1.82) is 0 Å². The van der Waals surface area contributed by atoms with Gasteiger partial charge < -0.3 is 15.0 Å². The van der Waals surface area contributed by atoms with E-state index in [4.69, 9.17) is 4.74 Å². The highest BCUT2D eigenvalue weighted by molar-refractivity contribution is 5.88. The Labute approximate surface area is 155 Å². The normalized spacial score (nSPS) is 33.3. The molecule has 1 N–H and O–H groups in total. The van der Waals surface area contributed by atoms with Gasteiger partial charge in [-0.3, -0.25) is 14.4 Å².